The number of benzene rings is 8. The summed E-state index contributed by atoms with van der Waals surface area (Å²) < 4.78 is 7.59. The fourth-order valence-corrected chi connectivity index (χ4v) is 14.9. The fraction of sp³-hybridized carbons (Fsp3) is 0.172. The second-order valence-corrected chi connectivity index (χ2v) is 23.5. The van der Waals surface area contributed by atoms with Gasteiger partial charge < -0.3 is 10.1 Å². The summed E-state index contributed by atoms with van der Waals surface area (Å²) in [5, 5.41) is 16.8. The summed E-state index contributed by atoms with van der Waals surface area (Å²) in [6, 6.07) is 78.8. The Hall–Kier alpha value is -6.37. The average Bonchev–Trinajstić information content (AvgIpc) is 3.78. The van der Waals surface area contributed by atoms with E-state index in [-0.39, 0.29) is 5.41 Å². The molecule has 3 nitrogen and oxygen atoms in total. The van der Waals surface area contributed by atoms with Crippen molar-refractivity contribution in [1.82, 2.24) is 4.98 Å². The van der Waals surface area contributed by atoms with Crippen molar-refractivity contribution in [3.05, 3.63) is 253 Å². The number of hydrogen-bond acceptors (Lipinski definition) is 2. The first-order chi connectivity index (χ1) is 33.4. The van der Waals surface area contributed by atoms with Gasteiger partial charge >= 0.3 is 156 Å². The van der Waals surface area contributed by atoms with Crippen molar-refractivity contribution in [3.63, 3.8) is 0 Å². The van der Waals surface area contributed by atoms with Crippen molar-refractivity contribution in [2.24, 2.45) is 3.50 Å². The van der Waals surface area contributed by atoms with E-state index in [0.717, 1.165) is 33.6 Å². The minimum absolute atomic E-state index is 0.0811. The zero-order valence-electron chi connectivity index (χ0n) is 41.3. The van der Waals surface area contributed by atoms with E-state index in [0.29, 0.717) is 17.6 Å². The molecule has 1 aromatic heterocycles. The van der Waals surface area contributed by atoms with Crippen LogP contribution in [0.2, 0.25) is 0 Å². The predicted molar refractivity (Wildman–Crippen MR) is 295 cm³/mol. The van der Waals surface area contributed by atoms with Crippen LogP contribution < -0.4 is 26.2 Å². The van der Waals surface area contributed by atoms with Crippen molar-refractivity contribution >= 4 is 38.6 Å². The van der Waals surface area contributed by atoms with Crippen LogP contribution in [0.1, 0.15) is 81.5 Å². The standard InChI is InChI=1S/C36H27OP.C12H17N.C10H12.C6H8N.Mo/c37-36-34(28-16-6-1-7-17-28)26-33(27-35(36)29-18-8-2-9-19-29)38(30-20-10-3-11-21-30,31-22-12-4-13-23-31)32-24-14-5-15-25-32;1-8(2)10-6-5-7-11(9(3)4)12(10)13;1-10(2,3)9-7-5-4-6-8-9;1-5-3-4-6(2)7-5;/h1-27H;5-9H,1-4H3;1,4-8H,2-3H3;3-4H,1-2H3;/q;;;-1;/p+1. The van der Waals surface area contributed by atoms with Crippen LogP contribution in [0.25, 0.3) is 22.3 Å². The van der Waals surface area contributed by atoms with Gasteiger partial charge in [-0.15, -0.1) is 0 Å². The van der Waals surface area contributed by atoms with Gasteiger partial charge in [-0.3, -0.25) is 0 Å². The molecule has 0 saturated heterocycles. The second kappa shape index (κ2) is 23.8. The van der Waals surface area contributed by atoms with Crippen molar-refractivity contribution in [3.8, 4) is 28.0 Å². The van der Waals surface area contributed by atoms with Gasteiger partial charge in [-0.05, 0) is 59.7 Å². The molecule has 0 fully saturated rings. The van der Waals surface area contributed by atoms with Crippen molar-refractivity contribution in [1.29, 1.82) is 0 Å². The summed E-state index contributed by atoms with van der Waals surface area (Å²) in [7, 11) is -2.33. The number of aromatic hydroxyl groups is 1. The second-order valence-electron chi connectivity index (χ2n) is 18.5. The van der Waals surface area contributed by atoms with E-state index >= 15 is 0 Å². The van der Waals surface area contributed by atoms with E-state index in [1.54, 1.807) is 0 Å². The van der Waals surface area contributed by atoms with E-state index < -0.39 is 25.2 Å². The molecule has 8 aromatic carbocycles. The number of hydrogen-bond donors (Lipinski definition) is 1. The van der Waals surface area contributed by atoms with Gasteiger partial charge in [-0.1, -0.05) is 141 Å². The Bertz CT molecular complexity index is 2870. The molecule has 69 heavy (non-hydrogen) atoms. The van der Waals surface area contributed by atoms with Crippen molar-refractivity contribution in [2.45, 2.75) is 72.6 Å². The van der Waals surface area contributed by atoms with Gasteiger partial charge in [-0.25, -0.2) is 0 Å². The summed E-state index contributed by atoms with van der Waals surface area (Å²) in [5.41, 5.74) is 11.4. The van der Waals surface area contributed by atoms with E-state index in [2.05, 4.69) is 227 Å². The zero-order chi connectivity index (χ0) is 48.8. The Morgan fingerprint density at radius 3 is 1.19 bits per heavy atom. The molecule has 0 aliphatic carbocycles. The van der Waals surface area contributed by atoms with Gasteiger partial charge in [0.2, 0.25) is 0 Å². The molecule has 0 bridgehead atoms. The zero-order valence-corrected chi connectivity index (χ0v) is 44.2. The van der Waals surface area contributed by atoms with E-state index in [9.17, 15) is 5.11 Å². The summed E-state index contributed by atoms with van der Waals surface area (Å²) in [6.07, 6.45) is 0. The van der Waals surface area contributed by atoms with Crippen LogP contribution in [-0.2, 0) is 23.3 Å². The predicted octanol–water partition coefficient (Wildman–Crippen LogP) is 15.2. The van der Waals surface area contributed by atoms with Gasteiger partial charge in [0, 0.05) is 11.1 Å². The minimum atomic E-state index is -2.33. The monoisotopic (exact) mass is 1010 g/mol. The molecule has 0 radical (unpaired) electrons. The van der Waals surface area contributed by atoms with Crippen LogP contribution in [0.15, 0.2) is 228 Å². The Morgan fingerprint density at radius 1 is 0.478 bits per heavy atom. The van der Waals surface area contributed by atoms with Crippen LogP contribution in [0.4, 0.5) is 5.69 Å². The maximum Gasteiger partial charge on any atom is 0.144 e. The van der Waals surface area contributed by atoms with Crippen LogP contribution in [0.5, 0.6) is 5.75 Å². The molecular weight excluding hydrogens is 940 g/mol. The molecule has 9 rings (SSSR count). The molecule has 0 amide bonds. The van der Waals surface area contributed by atoms with E-state index in [4.69, 9.17) is 3.50 Å². The third-order valence-electron chi connectivity index (χ3n) is 12.4. The Labute approximate surface area is 420 Å². The van der Waals surface area contributed by atoms with E-state index in [1.165, 1.54) is 43.6 Å². The van der Waals surface area contributed by atoms with Gasteiger partial charge in [-0.2, -0.15) is 11.4 Å². The van der Waals surface area contributed by atoms with Crippen LogP contribution in [0, 0.1) is 13.8 Å². The molecule has 0 unspecified atom stereocenters. The van der Waals surface area contributed by atoms with E-state index in [1.807, 2.05) is 62.4 Å². The summed E-state index contributed by atoms with van der Waals surface area (Å²) in [5.74, 6) is 1.33. The summed E-state index contributed by atoms with van der Waals surface area (Å²) in [6.45, 7) is 17.6. The number of nitrogens with zero attached hydrogens (tertiary/aromatic N) is 2. The first-order valence-corrected chi connectivity index (χ1v) is 27.8. The summed E-state index contributed by atoms with van der Waals surface area (Å²) in [4.78, 5) is 4.11. The van der Waals surface area contributed by atoms with Crippen molar-refractivity contribution < 1.29 is 23.0 Å². The Balaban J connectivity index is 0.000000193. The first-order valence-electron chi connectivity index (χ1n) is 23.9. The number of phenolic OH excluding ortho intramolecular Hbond substituents is 1. The largest absolute Gasteiger partial charge is 0.665 e. The molecule has 9 aromatic rings. The average molecular weight is 1010 g/mol. The molecule has 0 aliphatic heterocycles. The van der Waals surface area contributed by atoms with Crippen LogP contribution in [-0.4, -0.2) is 9.51 Å². The van der Waals surface area contributed by atoms with Gasteiger partial charge in [0.1, 0.15) is 34.2 Å². The van der Waals surface area contributed by atoms with Gasteiger partial charge in [0.25, 0.3) is 0 Å². The third kappa shape index (κ3) is 12.3. The molecule has 0 spiro atoms. The van der Waals surface area contributed by atoms with Crippen molar-refractivity contribution in [2.75, 3.05) is 0 Å². The third-order valence-corrected chi connectivity index (χ3v) is 19.0. The Kier molecular flexibility index (Phi) is 17.4. The molecule has 348 valence electrons. The maximum atomic E-state index is 11.7. The molecular formula is C64H65MoN2OP. The van der Waals surface area contributed by atoms with Gasteiger partial charge in [0.05, 0.1) is 0 Å². The Morgan fingerprint density at radius 2 is 0.841 bits per heavy atom. The molecule has 1 N–H and O–H groups in total. The van der Waals surface area contributed by atoms with Crippen LogP contribution >= 0.6 is 7.26 Å². The normalized spacial score (nSPS) is 11.2. The smallest absolute Gasteiger partial charge is 0.144 e. The number of aryl methyl sites for hydroxylation is 2. The molecule has 0 saturated carbocycles. The number of aromatic nitrogens is 1. The number of rotatable bonds is 11. The fourth-order valence-electron chi connectivity index (χ4n) is 8.70. The van der Waals surface area contributed by atoms with Crippen LogP contribution in [0.3, 0.4) is 0 Å². The molecule has 1 heterocycles. The quantitative estimate of drug-likeness (QED) is 0.104. The summed E-state index contributed by atoms with van der Waals surface area (Å²) >= 11 is -0.553. The molecule has 0 atom stereocenters. The first kappa shape index (κ1) is 50.5. The number of phenols is 1. The molecule has 0 aliphatic rings. The SMILES string of the molecule is CC(C)c1cccc(C(C)C)c1[N]=[Mo]=[CH]C(C)(C)c1ccccc1.Cc1ccc(C)[n-]1.Oc1c(-c2ccccc2)cc([P+](c2ccccc2)(c2ccccc2)c2ccccc2)cc1-c1ccccc1. The topological polar surface area (TPSA) is 46.7 Å². The van der Waals surface area contributed by atoms with Gasteiger partial charge in [0.15, 0.2) is 0 Å². The minimum Gasteiger partial charge on any atom is -0.665 e. The maximum absolute atomic E-state index is 11.7. The molecule has 5 heteroatoms.